The lowest BCUT2D eigenvalue weighted by atomic mass is 9.98. The largest absolute Gasteiger partial charge is 0.310 e. The first kappa shape index (κ1) is 13.5. The molecule has 1 aromatic heterocycles. The predicted molar refractivity (Wildman–Crippen MR) is 77.4 cm³/mol. The monoisotopic (exact) mass is 292 g/mol. The van der Waals surface area contributed by atoms with Gasteiger partial charge < -0.3 is 4.57 Å². The SMILES string of the molecule is Cn1cnn(CN2CC[C@@H](c3ccccc3F)C2)c1=S. The summed E-state index contributed by atoms with van der Waals surface area (Å²) in [7, 11) is 1.89. The van der Waals surface area contributed by atoms with Gasteiger partial charge in [0.1, 0.15) is 12.1 Å². The van der Waals surface area contributed by atoms with Crippen LogP contribution in [0, 0.1) is 10.6 Å². The summed E-state index contributed by atoms with van der Waals surface area (Å²) < 4.78 is 18.1. The maximum Gasteiger partial charge on any atom is 0.198 e. The molecule has 3 rings (SSSR count). The minimum atomic E-state index is -0.103. The molecule has 20 heavy (non-hydrogen) atoms. The van der Waals surface area contributed by atoms with Crippen molar-refractivity contribution in [2.75, 3.05) is 13.1 Å². The standard InChI is InChI=1S/C14H17FN4S/c1-17-9-16-19(14(17)20)10-18-7-6-11(8-18)12-4-2-3-5-13(12)15/h2-5,9,11H,6-8,10H2,1H3/t11-/m1/s1. The number of benzene rings is 1. The zero-order valence-electron chi connectivity index (χ0n) is 11.4. The smallest absolute Gasteiger partial charge is 0.198 e. The van der Waals surface area contributed by atoms with Crippen LogP contribution < -0.4 is 0 Å². The molecular formula is C14H17FN4S. The molecule has 2 aromatic rings. The molecule has 1 aromatic carbocycles. The van der Waals surface area contributed by atoms with E-state index >= 15 is 0 Å². The first-order chi connectivity index (χ1) is 9.65. The van der Waals surface area contributed by atoms with Gasteiger partial charge in [0.15, 0.2) is 4.77 Å². The number of hydrogen-bond acceptors (Lipinski definition) is 3. The van der Waals surface area contributed by atoms with Gasteiger partial charge in [-0.3, -0.25) is 4.90 Å². The van der Waals surface area contributed by atoms with E-state index in [1.807, 2.05) is 23.7 Å². The van der Waals surface area contributed by atoms with Crippen molar-refractivity contribution in [1.82, 2.24) is 19.2 Å². The molecule has 4 nitrogen and oxygen atoms in total. The topological polar surface area (TPSA) is 26.0 Å². The van der Waals surface area contributed by atoms with Gasteiger partial charge in [-0.1, -0.05) is 18.2 Å². The van der Waals surface area contributed by atoms with Gasteiger partial charge in [0, 0.05) is 26.1 Å². The fourth-order valence-corrected chi connectivity index (χ4v) is 2.88. The van der Waals surface area contributed by atoms with Gasteiger partial charge in [-0.2, -0.15) is 5.10 Å². The Balaban J connectivity index is 1.70. The Kier molecular flexibility index (Phi) is 3.67. The molecule has 1 aliphatic rings. The van der Waals surface area contributed by atoms with Gasteiger partial charge in [0.05, 0.1) is 6.67 Å². The quantitative estimate of drug-likeness (QED) is 0.813. The third-order valence-electron chi connectivity index (χ3n) is 3.84. The van der Waals surface area contributed by atoms with E-state index in [1.54, 1.807) is 17.1 Å². The van der Waals surface area contributed by atoms with Gasteiger partial charge >= 0.3 is 0 Å². The summed E-state index contributed by atoms with van der Waals surface area (Å²) in [6.07, 6.45) is 2.69. The van der Waals surface area contributed by atoms with Crippen LogP contribution in [0.15, 0.2) is 30.6 Å². The molecule has 2 heterocycles. The molecule has 0 N–H and O–H groups in total. The number of halogens is 1. The third-order valence-corrected chi connectivity index (χ3v) is 4.34. The molecule has 1 aliphatic heterocycles. The van der Waals surface area contributed by atoms with Gasteiger partial charge in [0.2, 0.25) is 0 Å². The minimum absolute atomic E-state index is 0.103. The molecule has 0 spiro atoms. The van der Waals surface area contributed by atoms with Crippen molar-refractivity contribution in [2.45, 2.75) is 19.0 Å². The molecule has 106 valence electrons. The highest BCUT2D eigenvalue weighted by molar-refractivity contribution is 7.71. The lowest BCUT2D eigenvalue weighted by Gasteiger charge is -2.16. The van der Waals surface area contributed by atoms with E-state index in [9.17, 15) is 4.39 Å². The summed E-state index contributed by atoms with van der Waals surface area (Å²) in [6.45, 7) is 2.46. The van der Waals surface area contributed by atoms with Crippen LogP contribution in [0.5, 0.6) is 0 Å². The zero-order chi connectivity index (χ0) is 14.1. The molecule has 0 saturated carbocycles. The molecule has 0 amide bonds. The predicted octanol–water partition coefficient (Wildman–Crippen LogP) is 2.54. The Morgan fingerprint density at radius 3 is 2.90 bits per heavy atom. The van der Waals surface area contributed by atoms with Crippen molar-refractivity contribution < 1.29 is 4.39 Å². The Hall–Kier alpha value is -1.53. The lowest BCUT2D eigenvalue weighted by Crippen LogP contribution is -2.24. The van der Waals surface area contributed by atoms with E-state index in [2.05, 4.69) is 10.00 Å². The van der Waals surface area contributed by atoms with Gasteiger partial charge in [-0.25, -0.2) is 9.07 Å². The number of nitrogens with zero attached hydrogens (tertiary/aromatic N) is 4. The van der Waals surface area contributed by atoms with E-state index < -0.39 is 0 Å². The summed E-state index contributed by atoms with van der Waals surface area (Å²) in [6, 6.07) is 7.05. The van der Waals surface area contributed by atoms with Crippen molar-refractivity contribution in [3.8, 4) is 0 Å². The van der Waals surface area contributed by atoms with E-state index in [1.165, 1.54) is 6.07 Å². The Morgan fingerprint density at radius 2 is 2.20 bits per heavy atom. The van der Waals surface area contributed by atoms with Crippen molar-refractivity contribution in [2.24, 2.45) is 7.05 Å². The van der Waals surface area contributed by atoms with Crippen molar-refractivity contribution in [3.63, 3.8) is 0 Å². The second kappa shape index (κ2) is 5.46. The summed E-state index contributed by atoms with van der Waals surface area (Å²) >= 11 is 5.28. The van der Waals surface area contributed by atoms with E-state index in [0.29, 0.717) is 11.4 Å². The molecule has 0 bridgehead atoms. The fraction of sp³-hybridized carbons (Fsp3) is 0.429. The molecule has 6 heteroatoms. The summed E-state index contributed by atoms with van der Waals surface area (Å²) in [4.78, 5) is 2.26. The Labute approximate surface area is 122 Å². The lowest BCUT2D eigenvalue weighted by molar-refractivity contribution is 0.249. The molecule has 1 fully saturated rings. The maximum absolute atomic E-state index is 13.8. The van der Waals surface area contributed by atoms with Gasteiger partial charge in [-0.15, -0.1) is 0 Å². The summed E-state index contributed by atoms with van der Waals surface area (Å²) in [5.41, 5.74) is 0.819. The summed E-state index contributed by atoms with van der Waals surface area (Å²) in [5, 5.41) is 4.25. The van der Waals surface area contributed by atoms with E-state index in [-0.39, 0.29) is 11.7 Å². The second-order valence-corrected chi connectivity index (χ2v) is 5.61. The van der Waals surface area contributed by atoms with Crippen LogP contribution in [0.4, 0.5) is 4.39 Å². The van der Waals surface area contributed by atoms with E-state index in [4.69, 9.17) is 12.2 Å². The highest BCUT2D eigenvalue weighted by Gasteiger charge is 2.26. The third kappa shape index (κ3) is 2.53. The molecule has 0 radical (unpaired) electrons. The first-order valence-corrected chi connectivity index (χ1v) is 7.11. The van der Waals surface area contributed by atoms with Gasteiger partial charge in [0.25, 0.3) is 0 Å². The molecule has 1 saturated heterocycles. The average Bonchev–Trinajstić information content (AvgIpc) is 3.02. The van der Waals surface area contributed by atoms with Crippen molar-refractivity contribution in [3.05, 3.63) is 46.7 Å². The number of likely N-dealkylation sites (tertiary alicyclic amines) is 1. The van der Waals surface area contributed by atoms with Gasteiger partial charge in [-0.05, 0) is 30.3 Å². The highest BCUT2D eigenvalue weighted by Crippen LogP contribution is 2.29. The molecule has 1 atom stereocenters. The van der Waals surface area contributed by atoms with Crippen molar-refractivity contribution >= 4 is 12.2 Å². The van der Waals surface area contributed by atoms with Crippen LogP contribution in [-0.4, -0.2) is 32.3 Å². The van der Waals surface area contributed by atoms with Crippen LogP contribution >= 0.6 is 12.2 Å². The number of hydrogen-bond donors (Lipinski definition) is 0. The number of aryl methyl sites for hydroxylation is 1. The highest BCUT2D eigenvalue weighted by atomic mass is 32.1. The van der Waals surface area contributed by atoms with E-state index in [0.717, 1.165) is 25.1 Å². The minimum Gasteiger partial charge on any atom is -0.310 e. The second-order valence-electron chi connectivity index (χ2n) is 5.25. The maximum atomic E-state index is 13.8. The van der Waals surface area contributed by atoms with Crippen LogP contribution in [0.25, 0.3) is 0 Å². The zero-order valence-corrected chi connectivity index (χ0v) is 12.2. The number of rotatable bonds is 3. The van der Waals surface area contributed by atoms with Crippen LogP contribution in [-0.2, 0) is 13.7 Å². The normalized spacial score (nSPS) is 19.6. The van der Waals surface area contributed by atoms with Crippen LogP contribution in [0.3, 0.4) is 0 Å². The Morgan fingerprint density at radius 1 is 1.40 bits per heavy atom. The summed E-state index contributed by atoms with van der Waals surface area (Å²) in [5.74, 6) is 0.155. The molecule has 0 unspecified atom stereocenters. The average molecular weight is 292 g/mol. The fourth-order valence-electron chi connectivity index (χ4n) is 2.73. The number of aromatic nitrogens is 3. The first-order valence-electron chi connectivity index (χ1n) is 6.70. The molecular weight excluding hydrogens is 275 g/mol. The molecule has 0 aliphatic carbocycles. The van der Waals surface area contributed by atoms with Crippen LogP contribution in [0.1, 0.15) is 17.9 Å². The van der Waals surface area contributed by atoms with Crippen molar-refractivity contribution in [1.29, 1.82) is 0 Å². The Bertz CT molecular complexity index is 663. The van der Waals surface area contributed by atoms with Crippen LogP contribution in [0.2, 0.25) is 0 Å².